The first-order valence-electron chi connectivity index (χ1n) is 8.78. The van der Waals surface area contributed by atoms with Gasteiger partial charge in [-0.3, -0.25) is 0 Å². The molecule has 2 aliphatic rings. The highest BCUT2D eigenvalue weighted by Gasteiger charge is 2.58. The van der Waals surface area contributed by atoms with Gasteiger partial charge in [0.2, 0.25) is 0 Å². The van der Waals surface area contributed by atoms with Crippen LogP contribution in [0.3, 0.4) is 0 Å². The van der Waals surface area contributed by atoms with Crippen molar-refractivity contribution < 1.29 is 9.47 Å². The SMILES string of the molecule is CCC1(C)CCC(OC2CNCCO2)C(C)(C)C1(C)CC. The molecule has 0 amide bonds. The van der Waals surface area contributed by atoms with Crippen LogP contribution in [-0.2, 0) is 9.47 Å². The molecule has 0 aromatic rings. The maximum Gasteiger partial charge on any atom is 0.170 e. The van der Waals surface area contributed by atoms with E-state index in [1.165, 1.54) is 19.3 Å². The molecule has 1 aliphatic carbocycles. The van der Waals surface area contributed by atoms with E-state index in [1.807, 2.05) is 0 Å². The summed E-state index contributed by atoms with van der Waals surface area (Å²) in [5.41, 5.74) is 0.849. The first-order chi connectivity index (χ1) is 9.80. The Kier molecular flexibility index (Phi) is 5.07. The molecular formula is C18H35NO2. The van der Waals surface area contributed by atoms with E-state index in [4.69, 9.17) is 9.47 Å². The fourth-order valence-electron chi connectivity index (χ4n) is 4.72. The van der Waals surface area contributed by atoms with Gasteiger partial charge in [0.1, 0.15) is 0 Å². The molecule has 4 atom stereocenters. The van der Waals surface area contributed by atoms with Crippen molar-refractivity contribution in [1.82, 2.24) is 5.32 Å². The zero-order valence-electron chi connectivity index (χ0n) is 14.9. The summed E-state index contributed by atoms with van der Waals surface area (Å²) in [6, 6.07) is 0. The summed E-state index contributed by atoms with van der Waals surface area (Å²) < 4.78 is 12.2. The molecule has 4 unspecified atom stereocenters. The van der Waals surface area contributed by atoms with Crippen LogP contribution < -0.4 is 5.32 Å². The van der Waals surface area contributed by atoms with Crippen molar-refractivity contribution in [1.29, 1.82) is 0 Å². The van der Waals surface area contributed by atoms with Crippen molar-refractivity contribution in [3.05, 3.63) is 0 Å². The second-order valence-electron chi connectivity index (χ2n) is 7.99. The van der Waals surface area contributed by atoms with Gasteiger partial charge in [-0.05, 0) is 35.5 Å². The Bertz CT molecular complexity index is 351. The van der Waals surface area contributed by atoms with Crippen LogP contribution in [0, 0.1) is 16.2 Å². The van der Waals surface area contributed by atoms with Crippen LogP contribution in [0.15, 0.2) is 0 Å². The van der Waals surface area contributed by atoms with Crippen LogP contribution in [-0.4, -0.2) is 32.1 Å². The van der Waals surface area contributed by atoms with Gasteiger partial charge in [-0.1, -0.05) is 48.0 Å². The van der Waals surface area contributed by atoms with Crippen molar-refractivity contribution in [2.45, 2.75) is 79.6 Å². The number of ether oxygens (including phenoxy) is 2. The molecule has 0 radical (unpaired) electrons. The summed E-state index contributed by atoms with van der Waals surface area (Å²) in [5.74, 6) is 0. The lowest BCUT2D eigenvalue weighted by Crippen LogP contribution is -2.59. The predicted molar refractivity (Wildman–Crippen MR) is 87.3 cm³/mol. The first-order valence-corrected chi connectivity index (χ1v) is 8.78. The van der Waals surface area contributed by atoms with E-state index >= 15 is 0 Å². The number of nitrogens with one attached hydrogen (secondary N) is 1. The minimum Gasteiger partial charge on any atom is -0.350 e. The summed E-state index contributed by atoms with van der Waals surface area (Å²) in [4.78, 5) is 0. The number of hydrogen-bond acceptors (Lipinski definition) is 3. The third-order valence-corrected chi connectivity index (χ3v) is 7.21. The Labute approximate surface area is 131 Å². The standard InChI is InChI=1S/C18H35NO2/c1-7-17(5)10-9-14(16(3,4)18(17,6)8-2)21-15-13-19-11-12-20-15/h14-15,19H,7-13H2,1-6H3. The average Bonchev–Trinajstić information content (AvgIpc) is 2.49. The fourth-order valence-corrected chi connectivity index (χ4v) is 4.72. The quantitative estimate of drug-likeness (QED) is 0.851. The number of rotatable bonds is 4. The molecule has 2 fully saturated rings. The van der Waals surface area contributed by atoms with Crippen LogP contribution in [0.25, 0.3) is 0 Å². The highest BCUT2D eigenvalue weighted by molar-refractivity contribution is 5.07. The van der Waals surface area contributed by atoms with Gasteiger partial charge in [-0.2, -0.15) is 0 Å². The van der Waals surface area contributed by atoms with E-state index in [0.717, 1.165) is 26.1 Å². The molecule has 3 nitrogen and oxygen atoms in total. The maximum atomic E-state index is 6.40. The first kappa shape index (κ1) is 17.2. The molecule has 1 aliphatic heterocycles. The van der Waals surface area contributed by atoms with E-state index in [9.17, 15) is 0 Å². The van der Waals surface area contributed by atoms with Gasteiger partial charge in [-0.25, -0.2) is 0 Å². The highest BCUT2D eigenvalue weighted by atomic mass is 16.7. The van der Waals surface area contributed by atoms with E-state index in [1.54, 1.807) is 0 Å². The molecule has 0 aromatic heterocycles. The summed E-state index contributed by atoms with van der Waals surface area (Å²) in [7, 11) is 0. The lowest BCUT2D eigenvalue weighted by molar-refractivity contribution is -0.249. The molecule has 1 N–H and O–H groups in total. The predicted octanol–water partition coefficient (Wildman–Crippen LogP) is 3.97. The summed E-state index contributed by atoms with van der Waals surface area (Å²) in [6.07, 6.45) is 5.06. The van der Waals surface area contributed by atoms with Crippen LogP contribution in [0.1, 0.15) is 67.2 Å². The molecule has 0 bridgehead atoms. The summed E-state index contributed by atoms with van der Waals surface area (Å²) in [5, 5.41) is 3.36. The Morgan fingerprint density at radius 3 is 2.38 bits per heavy atom. The normalized spacial score (nSPS) is 43.7. The molecule has 3 heteroatoms. The molecule has 1 saturated heterocycles. The number of morpholine rings is 1. The zero-order chi connectivity index (χ0) is 15.7. The molecule has 21 heavy (non-hydrogen) atoms. The van der Waals surface area contributed by atoms with E-state index in [2.05, 4.69) is 46.9 Å². The fraction of sp³-hybridized carbons (Fsp3) is 1.00. The molecule has 0 aromatic carbocycles. The molecule has 2 rings (SSSR count). The van der Waals surface area contributed by atoms with Crippen molar-refractivity contribution >= 4 is 0 Å². The molecule has 0 spiro atoms. The van der Waals surface area contributed by atoms with Gasteiger partial charge in [0.15, 0.2) is 6.29 Å². The van der Waals surface area contributed by atoms with E-state index in [-0.39, 0.29) is 17.8 Å². The Morgan fingerprint density at radius 2 is 1.86 bits per heavy atom. The third kappa shape index (κ3) is 2.77. The third-order valence-electron chi connectivity index (χ3n) is 7.21. The lowest BCUT2D eigenvalue weighted by atomic mass is 9.45. The second kappa shape index (κ2) is 6.17. The van der Waals surface area contributed by atoms with Crippen molar-refractivity contribution in [2.24, 2.45) is 16.2 Å². The minimum atomic E-state index is -0.0740. The van der Waals surface area contributed by atoms with Gasteiger partial charge in [0.25, 0.3) is 0 Å². The second-order valence-corrected chi connectivity index (χ2v) is 7.99. The van der Waals surface area contributed by atoms with Crippen molar-refractivity contribution in [2.75, 3.05) is 19.7 Å². The molecule has 124 valence electrons. The largest absolute Gasteiger partial charge is 0.350 e. The lowest BCUT2D eigenvalue weighted by Gasteiger charge is -2.62. The van der Waals surface area contributed by atoms with Crippen molar-refractivity contribution in [3.63, 3.8) is 0 Å². The van der Waals surface area contributed by atoms with Gasteiger partial charge in [0.05, 0.1) is 12.7 Å². The summed E-state index contributed by atoms with van der Waals surface area (Å²) in [6.45, 7) is 17.0. The maximum absolute atomic E-state index is 6.40. The van der Waals surface area contributed by atoms with Crippen LogP contribution in [0.5, 0.6) is 0 Å². The average molecular weight is 297 g/mol. The molecule has 1 saturated carbocycles. The molecule has 1 heterocycles. The van der Waals surface area contributed by atoms with E-state index in [0.29, 0.717) is 10.8 Å². The van der Waals surface area contributed by atoms with Crippen molar-refractivity contribution in [3.8, 4) is 0 Å². The van der Waals surface area contributed by atoms with Crippen LogP contribution >= 0.6 is 0 Å². The topological polar surface area (TPSA) is 30.5 Å². The number of hydrogen-bond donors (Lipinski definition) is 1. The van der Waals surface area contributed by atoms with Gasteiger partial charge in [-0.15, -0.1) is 0 Å². The monoisotopic (exact) mass is 297 g/mol. The van der Waals surface area contributed by atoms with Crippen LogP contribution in [0.2, 0.25) is 0 Å². The minimum absolute atomic E-state index is 0.0740. The highest BCUT2D eigenvalue weighted by Crippen LogP contribution is 2.63. The van der Waals surface area contributed by atoms with Gasteiger partial charge in [0, 0.05) is 13.1 Å². The van der Waals surface area contributed by atoms with Crippen LogP contribution in [0.4, 0.5) is 0 Å². The zero-order valence-corrected chi connectivity index (χ0v) is 14.9. The Hall–Kier alpha value is -0.120. The van der Waals surface area contributed by atoms with E-state index < -0.39 is 0 Å². The molecular weight excluding hydrogens is 262 g/mol. The summed E-state index contributed by atoms with van der Waals surface area (Å²) >= 11 is 0. The smallest absolute Gasteiger partial charge is 0.170 e. The Morgan fingerprint density at radius 1 is 1.14 bits per heavy atom. The van der Waals surface area contributed by atoms with Gasteiger partial charge < -0.3 is 14.8 Å². The van der Waals surface area contributed by atoms with Gasteiger partial charge >= 0.3 is 0 Å². The Balaban J connectivity index is 2.18.